The Bertz CT molecular complexity index is 1160. The van der Waals surface area contributed by atoms with Gasteiger partial charge in [0.2, 0.25) is 17.7 Å². The maximum absolute atomic E-state index is 11.9. The van der Waals surface area contributed by atoms with Gasteiger partial charge in [-0.1, -0.05) is 0 Å². The molecule has 1 atom stereocenters. The first kappa shape index (κ1) is 20.6. The van der Waals surface area contributed by atoms with E-state index in [1.165, 1.54) is 5.56 Å². The van der Waals surface area contributed by atoms with E-state index in [2.05, 4.69) is 33.4 Å². The minimum atomic E-state index is 0.110. The van der Waals surface area contributed by atoms with E-state index in [1.807, 2.05) is 9.58 Å². The SMILES string of the molecule is COc1nc2c(cc1Nc1ncc3cnn(C[C@@H]4CCCN4C(C)=O)c3n1)CN(C)CC2. The van der Waals surface area contributed by atoms with Gasteiger partial charge in [-0.3, -0.25) is 4.79 Å². The summed E-state index contributed by atoms with van der Waals surface area (Å²) < 4.78 is 7.40. The Kier molecular flexibility index (Phi) is 5.38. The lowest BCUT2D eigenvalue weighted by Gasteiger charge is -2.25. The Morgan fingerprint density at radius 3 is 2.97 bits per heavy atom. The van der Waals surface area contributed by atoms with Crippen molar-refractivity contribution in [2.24, 2.45) is 0 Å². The quantitative estimate of drug-likeness (QED) is 0.648. The van der Waals surface area contributed by atoms with Crippen molar-refractivity contribution in [3.05, 3.63) is 29.7 Å². The zero-order valence-electron chi connectivity index (χ0n) is 18.7. The molecule has 1 N–H and O–H groups in total. The number of nitrogens with zero attached hydrogens (tertiary/aromatic N) is 7. The monoisotopic (exact) mass is 436 g/mol. The Morgan fingerprint density at radius 2 is 2.16 bits per heavy atom. The van der Waals surface area contributed by atoms with Crippen molar-refractivity contribution in [2.75, 3.05) is 32.6 Å². The molecule has 0 saturated carbocycles. The third-order valence-corrected chi connectivity index (χ3v) is 6.31. The highest BCUT2D eigenvalue weighted by atomic mass is 16.5. The molecule has 3 aromatic heterocycles. The Hall–Kier alpha value is -3.27. The maximum Gasteiger partial charge on any atom is 0.237 e. The summed E-state index contributed by atoms with van der Waals surface area (Å²) in [7, 11) is 3.73. The van der Waals surface area contributed by atoms with Crippen LogP contribution in [-0.4, -0.2) is 73.7 Å². The molecule has 5 rings (SSSR count). The zero-order valence-corrected chi connectivity index (χ0v) is 18.7. The second-order valence-corrected chi connectivity index (χ2v) is 8.57. The summed E-state index contributed by atoms with van der Waals surface area (Å²) >= 11 is 0. The molecular weight excluding hydrogens is 408 g/mol. The van der Waals surface area contributed by atoms with Crippen LogP contribution in [0.1, 0.15) is 31.0 Å². The molecule has 1 fully saturated rings. The highest BCUT2D eigenvalue weighted by Gasteiger charge is 2.27. The largest absolute Gasteiger partial charge is 0.480 e. The predicted molar refractivity (Wildman–Crippen MR) is 120 cm³/mol. The van der Waals surface area contributed by atoms with Gasteiger partial charge < -0.3 is 19.9 Å². The molecule has 0 aromatic carbocycles. The number of rotatable bonds is 5. The smallest absolute Gasteiger partial charge is 0.237 e. The molecule has 168 valence electrons. The van der Waals surface area contributed by atoms with Crippen LogP contribution in [0.2, 0.25) is 0 Å². The lowest BCUT2D eigenvalue weighted by Crippen LogP contribution is -2.36. The minimum absolute atomic E-state index is 0.110. The summed E-state index contributed by atoms with van der Waals surface area (Å²) in [6.07, 6.45) is 6.43. The summed E-state index contributed by atoms with van der Waals surface area (Å²) in [4.78, 5) is 30.0. The van der Waals surface area contributed by atoms with E-state index in [0.29, 0.717) is 18.4 Å². The normalized spacial score (nSPS) is 18.7. The lowest BCUT2D eigenvalue weighted by atomic mass is 10.1. The first-order valence-corrected chi connectivity index (χ1v) is 11.0. The van der Waals surface area contributed by atoms with Crippen LogP contribution in [0.4, 0.5) is 11.6 Å². The van der Waals surface area contributed by atoms with Crippen LogP contribution in [0.5, 0.6) is 5.88 Å². The van der Waals surface area contributed by atoms with Crippen LogP contribution < -0.4 is 10.1 Å². The summed E-state index contributed by atoms with van der Waals surface area (Å²) in [5, 5.41) is 8.65. The van der Waals surface area contributed by atoms with E-state index in [-0.39, 0.29) is 11.9 Å². The molecular formula is C22H28N8O2. The number of methoxy groups -OCH3 is 1. The number of carbonyl (C=O) groups is 1. The molecule has 32 heavy (non-hydrogen) atoms. The first-order chi connectivity index (χ1) is 15.5. The topological polar surface area (TPSA) is 101 Å². The molecule has 0 spiro atoms. The molecule has 0 aliphatic carbocycles. The number of amides is 1. The predicted octanol–water partition coefficient (Wildman–Crippen LogP) is 1.97. The average molecular weight is 437 g/mol. The Morgan fingerprint density at radius 1 is 1.28 bits per heavy atom. The van der Waals surface area contributed by atoms with E-state index in [1.54, 1.807) is 26.4 Å². The van der Waals surface area contributed by atoms with Crippen molar-refractivity contribution >= 4 is 28.6 Å². The van der Waals surface area contributed by atoms with Crippen LogP contribution >= 0.6 is 0 Å². The summed E-state index contributed by atoms with van der Waals surface area (Å²) in [6, 6.07) is 2.22. The standard InChI is InChI=1S/C22H28N8O2/c1-14(31)29-7-4-5-17(29)13-30-20-16(11-24-30)10-23-22(27-20)26-19-9-15-12-28(2)8-6-18(15)25-21(19)32-3/h9-11,17H,4-8,12-13H2,1-3H3,(H,23,26,27)/t17-/m0/s1. The molecule has 0 radical (unpaired) electrons. The number of carbonyl (C=O) groups excluding carboxylic acids is 1. The van der Waals surface area contributed by atoms with E-state index in [0.717, 1.165) is 61.3 Å². The third-order valence-electron chi connectivity index (χ3n) is 6.31. The maximum atomic E-state index is 11.9. The van der Waals surface area contributed by atoms with Gasteiger partial charge in [-0.2, -0.15) is 10.1 Å². The van der Waals surface area contributed by atoms with Gasteiger partial charge >= 0.3 is 0 Å². The fraction of sp³-hybridized carbons (Fsp3) is 0.500. The number of aromatic nitrogens is 5. The Labute approximate surface area is 186 Å². The van der Waals surface area contributed by atoms with E-state index >= 15 is 0 Å². The van der Waals surface area contributed by atoms with Gasteiger partial charge in [-0.25, -0.2) is 14.6 Å². The summed E-state index contributed by atoms with van der Waals surface area (Å²) in [5.41, 5.74) is 3.73. The molecule has 0 bridgehead atoms. The van der Waals surface area contributed by atoms with Gasteiger partial charge in [0, 0.05) is 39.2 Å². The van der Waals surface area contributed by atoms with Gasteiger partial charge in [-0.15, -0.1) is 0 Å². The fourth-order valence-corrected chi connectivity index (χ4v) is 4.66. The van der Waals surface area contributed by atoms with Crippen molar-refractivity contribution < 1.29 is 9.53 Å². The van der Waals surface area contributed by atoms with Gasteiger partial charge in [0.05, 0.1) is 37.0 Å². The second kappa shape index (κ2) is 8.34. The van der Waals surface area contributed by atoms with E-state index in [4.69, 9.17) is 14.7 Å². The molecule has 10 heteroatoms. The van der Waals surface area contributed by atoms with Crippen LogP contribution in [0.25, 0.3) is 11.0 Å². The van der Waals surface area contributed by atoms with Gasteiger partial charge in [0.15, 0.2) is 5.65 Å². The van der Waals surface area contributed by atoms with Crippen molar-refractivity contribution in [3.63, 3.8) is 0 Å². The van der Waals surface area contributed by atoms with Gasteiger partial charge in [0.1, 0.15) is 5.69 Å². The van der Waals surface area contributed by atoms with Crippen molar-refractivity contribution in [3.8, 4) is 5.88 Å². The lowest BCUT2D eigenvalue weighted by molar-refractivity contribution is -0.129. The number of ether oxygens (including phenoxy) is 1. The van der Waals surface area contributed by atoms with E-state index in [9.17, 15) is 4.79 Å². The second-order valence-electron chi connectivity index (χ2n) is 8.57. The van der Waals surface area contributed by atoms with Crippen LogP contribution in [0, 0.1) is 0 Å². The Balaban J connectivity index is 1.43. The third kappa shape index (κ3) is 3.86. The number of likely N-dealkylation sites (N-methyl/N-ethyl adjacent to an activating group) is 1. The zero-order chi connectivity index (χ0) is 22.2. The molecule has 2 aliphatic heterocycles. The van der Waals surface area contributed by atoms with Gasteiger partial charge in [-0.05, 0) is 31.5 Å². The summed E-state index contributed by atoms with van der Waals surface area (Å²) in [6.45, 7) is 4.89. The van der Waals surface area contributed by atoms with Crippen LogP contribution in [0.15, 0.2) is 18.5 Å². The van der Waals surface area contributed by atoms with Crippen LogP contribution in [-0.2, 0) is 24.3 Å². The average Bonchev–Trinajstić information content (AvgIpc) is 3.41. The highest BCUT2D eigenvalue weighted by Crippen LogP contribution is 2.30. The number of hydrogen-bond donors (Lipinski definition) is 1. The van der Waals surface area contributed by atoms with Crippen molar-refractivity contribution in [1.82, 2.24) is 34.5 Å². The highest BCUT2D eigenvalue weighted by molar-refractivity contribution is 5.76. The minimum Gasteiger partial charge on any atom is -0.480 e. The molecule has 0 unspecified atom stereocenters. The molecule has 10 nitrogen and oxygen atoms in total. The number of pyridine rings is 1. The number of hydrogen-bond acceptors (Lipinski definition) is 8. The molecule has 1 saturated heterocycles. The molecule has 5 heterocycles. The first-order valence-electron chi connectivity index (χ1n) is 11.0. The van der Waals surface area contributed by atoms with E-state index < -0.39 is 0 Å². The number of anilines is 2. The molecule has 2 aliphatic rings. The van der Waals surface area contributed by atoms with Crippen molar-refractivity contribution in [1.29, 1.82) is 0 Å². The number of fused-ring (bicyclic) bond motifs is 2. The summed E-state index contributed by atoms with van der Waals surface area (Å²) in [5.74, 6) is 1.10. The number of nitrogens with one attached hydrogen (secondary N) is 1. The number of likely N-dealkylation sites (tertiary alicyclic amines) is 1. The van der Waals surface area contributed by atoms with Crippen molar-refractivity contribution in [2.45, 2.75) is 45.3 Å². The van der Waals surface area contributed by atoms with Gasteiger partial charge in [0.25, 0.3) is 0 Å². The van der Waals surface area contributed by atoms with Crippen LogP contribution in [0.3, 0.4) is 0 Å². The fourth-order valence-electron chi connectivity index (χ4n) is 4.66. The molecule has 1 amide bonds. The molecule has 3 aromatic rings.